The first kappa shape index (κ1) is 16.3. The van der Waals surface area contributed by atoms with Crippen molar-refractivity contribution in [2.24, 2.45) is 5.92 Å². The standard InChI is InChI=1S/C13H22F3NO2/c1-2-19-12(18)10-5-3-6-11(9-10)17-8-4-7-13(14,15)16/h10-11,17H,2-9H2,1H3. The van der Waals surface area contributed by atoms with Crippen molar-refractivity contribution in [1.82, 2.24) is 5.32 Å². The highest BCUT2D eigenvalue weighted by Crippen LogP contribution is 2.26. The van der Waals surface area contributed by atoms with Crippen LogP contribution in [0, 0.1) is 5.92 Å². The van der Waals surface area contributed by atoms with E-state index in [9.17, 15) is 18.0 Å². The van der Waals surface area contributed by atoms with E-state index in [1.165, 1.54) is 0 Å². The lowest BCUT2D eigenvalue weighted by Crippen LogP contribution is -2.37. The van der Waals surface area contributed by atoms with Gasteiger partial charge in [0, 0.05) is 12.5 Å². The van der Waals surface area contributed by atoms with Gasteiger partial charge in [-0.3, -0.25) is 4.79 Å². The van der Waals surface area contributed by atoms with Gasteiger partial charge in [-0.25, -0.2) is 0 Å². The molecule has 0 radical (unpaired) electrons. The molecule has 0 heterocycles. The van der Waals surface area contributed by atoms with Crippen molar-refractivity contribution in [2.75, 3.05) is 13.2 Å². The minimum atomic E-state index is -4.08. The van der Waals surface area contributed by atoms with E-state index in [1.54, 1.807) is 6.92 Å². The molecule has 2 atom stereocenters. The predicted octanol–water partition coefficient (Wildman–Crippen LogP) is 3.04. The van der Waals surface area contributed by atoms with Crippen LogP contribution in [0.25, 0.3) is 0 Å². The second-order valence-corrected chi connectivity index (χ2v) is 4.99. The molecule has 0 bridgehead atoms. The van der Waals surface area contributed by atoms with Gasteiger partial charge in [0.05, 0.1) is 12.5 Å². The second-order valence-electron chi connectivity index (χ2n) is 4.99. The Bertz CT molecular complexity index is 282. The fourth-order valence-electron chi connectivity index (χ4n) is 2.44. The average Bonchev–Trinajstić information content (AvgIpc) is 2.34. The highest BCUT2D eigenvalue weighted by molar-refractivity contribution is 5.72. The number of esters is 1. The molecule has 1 N–H and O–H groups in total. The van der Waals surface area contributed by atoms with Crippen LogP contribution in [0.1, 0.15) is 45.4 Å². The number of hydrogen-bond donors (Lipinski definition) is 1. The topological polar surface area (TPSA) is 38.3 Å². The van der Waals surface area contributed by atoms with Gasteiger partial charge in [-0.1, -0.05) is 6.42 Å². The summed E-state index contributed by atoms with van der Waals surface area (Å²) in [6.07, 6.45) is -1.42. The Morgan fingerprint density at radius 2 is 2.11 bits per heavy atom. The van der Waals surface area contributed by atoms with Gasteiger partial charge in [0.15, 0.2) is 0 Å². The molecule has 1 fully saturated rings. The van der Waals surface area contributed by atoms with Gasteiger partial charge >= 0.3 is 12.1 Å². The Balaban J connectivity index is 2.22. The molecule has 0 aromatic carbocycles. The lowest BCUT2D eigenvalue weighted by Gasteiger charge is -2.28. The quantitative estimate of drug-likeness (QED) is 0.600. The second kappa shape index (κ2) is 7.72. The van der Waals surface area contributed by atoms with Crippen molar-refractivity contribution < 1.29 is 22.7 Å². The largest absolute Gasteiger partial charge is 0.466 e. The van der Waals surface area contributed by atoms with E-state index in [1.807, 2.05) is 0 Å². The first-order valence-corrected chi connectivity index (χ1v) is 6.89. The van der Waals surface area contributed by atoms with Crippen LogP contribution in [-0.4, -0.2) is 31.3 Å². The van der Waals surface area contributed by atoms with Crippen molar-refractivity contribution in [1.29, 1.82) is 0 Å². The Morgan fingerprint density at radius 3 is 2.74 bits per heavy atom. The predicted molar refractivity (Wildman–Crippen MR) is 65.7 cm³/mol. The lowest BCUT2D eigenvalue weighted by molar-refractivity contribution is -0.149. The fraction of sp³-hybridized carbons (Fsp3) is 0.923. The average molecular weight is 281 g/mol. The van der Waals surface area contributed by atoms with Crippen molar-refractivity contribution in [2.45, 2.75) is 57.7 Å². The summed E-state index contributed by atoms with van der Waals surface area (Å²) < 4.78 is 40.9. The van der Waals surface area contributed by atoms with Crippen LogP contribution in [0.4, 0.5) is 13.2 Å². The number of rotatable bonds is 6. The van der Waals surface area contributed by atoms with Crippen LogP contribution in [0.3, 0.4) is 0 Å². The molecule has 0 saturated heterocycles. The third-order valence-corrected chi connectivity index (χ3v) is 3.36. The number of hydrogen-bond acceptors (Lipinski definition) is 3. The molecule has 1 aliphatic rings. The molecular formula is C13H22F3NO2. The van der Waals surface area contributed by atoms with E-state index in [0.717, 1.165) is 19.3 Å². The van der Waals surface area contributed by atoms with Crippen LogP contribution < -0.4 is 5.32 Å². The number of halogens is 3. The smallest absolute Gasteiger partial charge is 0.389 e. The first-order chi connectivity index (χ1) is 8.92. The Kier molecular flexibility index (Phi) is 6.62. The summed E-state index contributed by atoms with van der Waals surface area (Å²) in [4.78, 5) is 11.6. The minimum Gasteiger partial charge on any atom is -0.466 e. The fourth-order valence-corrected chi connectivity index (χ4v) is 2.44. The van der Waals surface area contributed by atoms with Crippen LogP contribution in [-0.2, 0) is 9.53 Å². The van der Waals surface area contributed by atoms with Crippen LogP contribution >= 0.6 is 0 Å². The van der Waals surface area contributed by atoms with Crippen molar-refractivity contribution in [3.05, 3.63) is 0 Å². The third-order valence-electron chi connectivity index (χ3n) is 3.36. The molecule has 0 aromatic heterocycles. The number of alkyl halides is 3. The molecule has 0 aromatic rings. The highest BCUT2D eigenvalue weighted by atomic mass is 19.4. The third kappa shape index (κ3) is 6.80. The molecule has 1 rings (SSSR count). The molecule has 3 nitrogen and oxygen atoms in total. The molecule has 0 aliphatic heterocycles. The van der Waals surface area contributed by atoms with Gasteiger partial charge in [-0.2, -0.15) is 13.2 Å². The van der Waals surface area contributed by atoms with Gasteiger partial charge < -0.3 is 10.1 Å². The summed E-state index contributed by atoms with van der Waals surface area (Å²) in [5, 5.41) is 3.11. The van der Waals surface area contributed by atoms with E-state index in [4.69, 9.17) is 4.74 Å². The maximum atomic E-state index is 12.0. The maximum absolute atomic E-state index is 12.0. The number of carbonyl (C=O) groups is 1. The summed E-state index contributed by atoms with van der Waals surface area (Å²) in [7, 11) is 0. The van der Waals surface area contributed by atoms with Crippen LogP contribution in [0.2, 0.25) is 0 Å². The Morgan fingerprint density at radius 1 is 1.37 bits per heavy atom. The number of carbonyl (C=O) groups excluding carboxylic acids is 1. The van der Waals surface area contributed by atoms with E-state index in [-0.39, 0.29) is 24.3 Å². The molecule has 0 amide bonds. The summed E-state index contributed by atoms with van der Waals surface area (Å²) in [6.45, 7) is 2.49. The Hall–Kier alpha value is -0.780. The van der Waals surface area contributed by atoms with Gasteiger partial charge in [-0.05, 0) is 39.2 Å². The van der Waals surface area contributed by atoms with Crippen molar-refractivity contribution in [3.63, 3.8) is 0 Å². The SMILES string of the molecule is CCOC(=O)C1CCCC(NCCCC(F)(F)F)C1. The molecular weight excluding hydrogens is 259 g/mol. The van der Waals surface area contributed by atoms with Crippen LogP contribution in [0.15, 0.2) is 0 Å². The monoisotopic (exact) mass is 281 g/mol. The van der Waals surface area contributed by atoms with Gasteiger partial charge in [0.1, 0.15) is 0 Å². The lowest BCUT2D eigenvalue weighted by atomic mass is 9.85. The normalized spacial score (nSPS) is 24.2. The molecule has 6 heteroatoms. The molecule has 112 valence electrons. The van der Waals surface area contributed by atoms with Gasteiger partial charge in [0.25, 0.3) is 0 Å². The van der Waals surface area contributed by atoms with Gasteiger partial charge in [0.2, 0.25) is 0 Å². The van der Waals surface area contributed by atoms with E-state index in [0.29, 0.717) is 19.6 Å². The molecule has 19 heavy (non-hydrogen) atoms. The highest BCUT2D eigenvalue weighted by Gasteiger charge is 2.29. The number of ether oxygens (including phenoxy) is 1. The van der Waals surface area contributed by atoms with Crippen LogP contribution in [0.5, 0.6) is 0 Å². The van der Waals surface area contributed by atoms with Crippen molar-refractivity contribution >= 4 is 5.97 Å². The Labute approximate surface area is 111 Å². The zero-order valence-electron chi connectivity index (χ0n) is 11.3. The molecule has 2 unspecified atom stereocenters. The minimum absolute atomic E-state index is 0.0874. The summed E-state index contributed by atoms with van der Waals surface area (Å²) >= 11 is 0. The van der Waals surface area contributed by atoms with Gasteiger partial charge in [-0.15, -0.1) is 0 Å². The van der Waals surface area contributed by atoms with E-state index < -0.39 is 12.6 Å². The zero-order valence-corrected chi connectivity index (χ0v) is 11.3. The summed E-state index contributed by atoms with van der Waals surface area (Å²) in [6, 6.07) is 0.136. The molecule has 1 saturated carbocycles. The molecule has 1 aliphatic carbocycles. The zero-order chi connectivity index (χ0) is 14.3. The molecule has 0 spiro atoms. The maximum Gasteiger partial charge on any atom is 0.389 e. The van der Waals surface area contributed by atoms with E-state index >= 15 is 0 Å². The van der Waals surface area contributed by atoms with Crippen molar-refractivity contribution in [3.8, 4) is 0 Å². The summed E-state index contributed by atoms with van der Waals surface area (Å²) in [5.41, 5.74) is 0. The number of nitrogens with one attached hydrogen (secondary N) is 1. The first-order valence-electron chi connectivity index (χ1n) is 6.89. The summed E-state index contributed by atoms with van der Waals surface area (Å²) in [5.74, 6) is -0.280. The van der Waals surface area contributed by atoms with E-state index in [2.05, 4.69) is 5.32 Å².